The maximum atomic E-state index is 11.2. The summed E-state index contributed by atoms with van der Waals surface area (Å²) in [5.41, 5.74) is 2.98. The lowest BCUT2D eigenvalue weighted by atomic mass is 10.0. The lowest BCUT2D eigenvalue weighted by Gasteiger charge is -2.08. The van der Waals surface area contributed by atoms with Gasteiger partial charge in [-0.1, -0.05) is 30.8 Å². The van der Waals surface area contributed by atoms with Crippen LogP contribution in [0.25, 0.3) is 11.1 Å². The molecule has 4 heteroatoms. The Morgan fingerprint density at radius 1 is 1.09 bits per heavy atom. The average Bonchev–Trinajstić information content (AvgIpc) is 2.55. The Morgan fingerprint density at radius 2 is 1.64 bits per heavy atom. The Labute approximate surface area is 129 Å². The fourth-order valence-electron chi connectivity index (χ4n) is 1.76. The minimum absolute atomic E-state index is 0.151. The van der Waals surface area contributed by atoms with Gasteiger partial charge in [0, 0.05) is 5.57 Å². The van der Waals surface area contributed by atoms with Gasteiger partial charge in [0.1, 0.15) is 5.75 Å². The highest BCUT2D eigenvalue weighted by molar-refractivity contribution is 5.86. The van der Waals surface area contributed by atoms with Crippen molar-refractivity contribution in [2.24, 2.45) is 0 Å². The zero-order valence-electron chi connectivity index (χ0n) is 12.2. The molecule has 0 aliphatic carbocycles. The number of rotatable bonds is 5. The molecule has 0 amide bonds. The van der Waals surface area contributed by atoms with Gasteiger partial charge in [-0.2, -0.15) is 5.26 Å². The molecule has 0 heterocycles. The van der Waals surface area contributed by atoms with Crippen molar-refractivity contribution in [3.8, 4) is 22.9 Å². The van der Waals surface area contributed by atoms with Crippen LogP contribution < -0.4 is 4.74 Å². The number of nitriles is 1. The van der Waals surface area contributed by atoms with E-state index < -0.39 is 5.97 Å². The maximum absolute atomic E-state index is 11.2. The van der Waals surface area contributed by atoms with Crippen LogP contribution >= 0.6 is 0 Å². The molecule has 0 N–H and O–H groups in total. The molecule has 0 saturated carbocycles. The van der Waals surface area contributed by atoms with Crippen LogP contribution in [0.5, 0.6) is 5.75 Å². The summed E-state index contributed by atoms with van der Waals surface area (Å²) in [4.78, 5) is 11.2. The lowest BCUT2D eigenvalue weighted by Crippen LogP contribution is -2.10. The molecule has 0 fully saturated rings. The van der Waals surface area contributed by atoms with Crippen molar-refractivity contribution in [3.63, 3.8) is 0 Å². The Morgan fingerprint density at radius 3 is 2.14 bits per heavy atom. The van der Waals surface area contributed by atoms with Crippen molar-refractivity contribution in [1.82, 2.24) is 0 Å². The number of nitrogens with zero attached hydrogens (tertiary/aromatic N) is 1. The second-order valence-electron chi connectivity index (χ2n) is 4.69. The molecule has 0 aliphatic heterocycles. The molecule has 4 nitrogen and oxygen atoms in total. The molecule has 0 aliphatic rings. The molecular formula is C18H15NO3. The molecule has 2 aromatic carbocycles. The maximum Gasteiger partial charge on any atom is 0.335 e. The highest BCUT2D eigenvalue weighted by atomic mass is 16.7. The number of carbonyl (C=O) groups is 1. The summed E-state index contributed by atoms with van der Waals surface area (Å²) < 4.78 is 10.2. The molecule has 2 aromatic rings. The molecule has 0 radical (unpaired) electrons. The van der Waals surface area contributed by atoms with Crippen molar-refractivity contribution in [2.45, 2.75) is 6.92 Å². The minimum atomic E-state index is -0.478. The zero-order chi connectivity index (χ0) is 15.9. The largest absolute Gasteiger partial charge is 0.457 e. The molecule has 0 unspecified atom stereocenters. The number of benzene rings is 2. The fraction of sp³-hybridized carbons (Fsp3) is 0.111. The van der Waals surface area contributed by atoms with E-state index in [1.807, 2.05) is 24.3 Å². The SMILES string of the molecule is C=C(C)C(=O)OCOc1ccc(-c2ccc(C#N)cc2)cc1. The second kappa shape index (κ2) is 7.09. The summed E-state index contributed by atoms with van der Waals surface area (Å²) >= 11 is 0. The Balaban J connectivity index is 1.96. The smallest absolute Gasteiger partial charge is 0.335 e. The minimum Gasteiger partial charge on any atom is -0.457 e. The molecule has 22 heavy (non-hydrogen) atoms. The van der Waals surface area contributed by atoms with E-state index in [2.05, 4.69) is 12.6 Å². The van der Waals surface area contributed by atoms with Crippen LogP contribution in [-0.2, 0) is 9.53 Å². The van der Waals surface area contributed by atoms with Gasteiger partial charge in [-0.15, -0.1) is 0 Å². The zero-order valence-corrected chi connectivity index (χ0v) is 12.2. The van der Waals surface area contributed by atoms with E-state index in [0.717, 1.165) is 11.1 Å². The van der Waals surface area contributed by atoms with Crippen LogP contribution in [0.2, 0.25) is 0 Å². The van der Waals surface area contributed by atoms with Crippen LogP contribution in [0, 0.1) is 11.3 Å². The van der Waals surface area contributed by atoms with Gasteiger partial charge in [0.2, 0.25) is 6.79 Å². The molecule has 0 spiro atoms. The second-order valence-corrected chi connectivity index (χ2v) is 4.69. The number of hydrogen-bond acceptors (Lipinski definition) is 4. The summed E-state index contributed by atoms with van der Waals surface area (Å²) in [5.74, 6) is 0.126. The van der Waals surface area contributed by atoms with Crippen molar-refractivity contribution in [1.29, 1.82) is 5.26 Å². The summed E-state index contributed by atoms with van der Waals surface area (Å²) in [7, 11) is 0. The number of carbonyl (C=O) groups excluding carboxylic acids is 1. The van der Waals surface area contributed by atoms with E-state index >= 15 is 0 Å². The van der Waals surface area contributed by atoms with E-state index in [1.54, 1.807) is 31.2 Å². The Kier molecular flexibility index (Phi) is 4.94. The first-order valence-electron chi connectivity index (χ1n) is 6.66. The summed E-state index contributed by atoms with van der Waals surface area (Å²) in [6, 6.07) is 16.8. The number of hydrogen-bond donors (Lipinski definition) is 0. The molecule has 0 bridgehead atoms. The van der Waals surface area contributed by atoms with Crippen LogP contribution in [-0.4, -0.2) is 12.8 Å². The first-order chi connectivity index (χ1) is 10.6. The van der Waals surface area contributed by atoms with Crippen molar-refractivity contribution in [2.75, 3.05) is 6.79 Å². The van der Waals surface area contributed by atoms with Crippen LogP contribution in [0.3, 0.4) is 0 Å². The van der Waals surface area contributed by atoms with Gasteiger partial charge >= 0.3 is 5.97 Å². The van der Waals surface area contributed by atoms with Crippen LogP contribution in [0.15, 0.2) is 60.7 Å². The fourth-order valence-corrected chi connectivity index (χ4v) is 1.76. The van der Waals surface area contributed by atoms with Crippen molar-refractivity contribution in [3.05, 3.63) is 66.2 Å². The van der Waals surface area contributed by atoms with Gasteiger partial charge in [0.15, 0.2) is 0 Å². The standard InChI is InChI=1S/C18H15NO3/c1-13(2)18(20)22-12-21-17-9-7-16(8-10-17)15-5-3-14(11-19)4-6-15/h3-10H,1,12H2,2H3. The normalized spacial score (nSPS) is 9.64. The first-order valence-corrected chi connectivity index (χ1v) is 6.66. The summed E-state index contributed by atoms with van der Waals surface area (Å²) in [5, 5.41) is 8.78. The number of esters is 1. The van der Waals surface area contributed by atoms with E-state index in [4.69, 9.17) is 14.7 Å². The Hall–Kier alpha value is -3.06. The van der Waals surface area contributed by atoms with Gasteiger partial charge in [-0.05, 0) is 42.3 Å². The molecule has 0 atom stereocenters. The monoisotopic (exact) mass is 293 g/mol. The van der Waals surface area contributed by atoms with E-state index in [0.29, 0.717) is 16.9 Å². The third-order valence-electron chi connectivity index (χ3n) is 2.97. The summed E-state index contributed by atoms with van der Waals surface area (Å²) in [6.45, 7) is 4.92. The molecule has 0 aromatic heterocycles. The third kappa shape index (κ3) is 3.97. The van der Waals surface area contributed by atoms with Crippen LogP contribution in [0.1, 0.15) is 12.5 Å². The first kappa shape index (κ1) is 15.3. The predicted octanol–water partition coefficient (Wildman–Crippen LogP) is 3.68. The molecular weight excluding hydrogens is 278 g/mol. The Bertz CT molecular complexity index is 709. The highest BCUT2D eigenvalue weighted by Gasteiger charge is 2.03. The van der Waals surface area contributed by atoms with Gasteiger partial charge in [0.25, 0.3) is 0 Å². The van der Waals surface area contributed by atoms with Gasteiger partial charge in [-0.3, -0.25) is 0 Å². The lowest BCUT2D eigenvalue weighted by molar-refractivity contribution is -0.145. The third-order valence-corrected chi connectivity index (χ3v) is 2.97. The highest BCUT2D eigenvalue weighted by Crippen LogP contribution is 2.22. The van der Waals surface area contributed by atoms with E-state index in [9.17, 15) is 4.79 Å². The number of ether oxygens (including phenoxy) is 2. The van der Waals surface area contributed by atoms with Crippen molar-refractivity contribution < 1.29 is 14.3 Å². The molecule has 110 valence electrons. The van der Waals surface area contributed by atoms with Gasteiger partial charge < -0.3 is 9.47 Å². The molecule has 2 rings (SSSR count). The predicted molar refractivity (Wildman–Crippen MR) is 83.0 cm³/mol. The van der Waals surface area contributed by atoms with Crippen LogP contribution in [0.4, 0.5) is 0 Å². The molecule has 0 saturated heterocycles. The summed E-state index contributed by atoms with van der Waals surface area (Å²) in [6.07, 6.45) is 0. The van der Waals surface area contributed by atoms with Crippen molar-refractivity contribution >= 4 is 5.97 Å². The topological polar surface area (TPSA) is 59.3 Å². The van der Waals surface area contributed by atoms with Gasteiger partial charge in [0.05, 0.1) is 11.6 Å². The van der Waals surface area contributed by atoms with Gasteiger partial charge in [-0.25, -0.2) is 4.79 Å². The van der Waals surface area contributed by atoms with E-state index in [-0.39, 0.29) is 6.79 Å². The average molecular weight is 293 g/mol. The quantitative estimate of drug-likeness (QED) is 0.479. The van der Waals surface area contributed by atoms with E-state index in [1.165, 1.54) is 0 Å².